The summed E-state index contributed by atoms with van der Waals surface area (Å²) in [5.74, 6) is -17.5. The highest BCUT2D eigenvalue weighted by Crippen LogP contribution is 2.30. The van der Waals surface area contributed by atoms with E-state index in [4.69, 9.17) is 34.8 Å². The molecule has 5 heterocycles. The summed E-state index contributed by atoms with van der Waals surface area (Å²) < 4.78 is 0.798. The van der Waals surface area contributed by atoms with E-state index in [0.717, 1.165) is 29.2 Å². The number of nitrogens with zero attached hydrogens (tertiary/aromatic N) is 5. The number of amides is 18. The predicted octanol–water partition coefficient (Wildman–Crippen LogP) is -3.69. The van der Waals surface area contributed by atoms with Crippen molar-refractivity contribution in [3.8, 4) is 18.1 Å². The van der Waals surface area contributed by atoms with Crippen LogP contribution >= 0.6 is 23.1 Å². The first-order chi connectivity index (χ1) is 66.1. The molecule has 5 aromatic rings. The van der Waals surface area contributed by atoms with E-state index in [0.29, 0.717) is 70.4 Å². The summed E-state index contributed by atoms with van der Waals surface area (Å²) in [5.41, 5.74) is 25.0. The third kappa shape index (κ3) is 31.5. The Balaban J connectivity index is 1.20. The smallest absolute Gasteiger partial charge is 0.246 e. The Labute approximate surface area is 813 Å². The number of phenolic OH excluding ortho intramolecular Hbond substituents is 1. The molecule has 3 fully saturated rings. The van der Waals surface area contributed by atoms with Gasteiger partial charge in [0.25, 0.3) is 0 Å². The Morgan fingerprint density at radius 2 is 1.18 bits per heavy atom. The molecule has 2 aromatic heterocycles. The number of thiophene rings is 1. The molecule has 139 heavy (non-hydrogen) atoms. The second kappa shape index (κ2) is 53.4. The van der Waals surface area contributed by atoms with Crippen LogP contribution in [0.15, 0.2) is 84.4 Å². The minimum absolute atomic E-state index is 0.00809. The zero-order chi connectivity index (χ0) is 102. The molecular weight excluding hydrogens is 1840 g/mol. The topological polar surface area (TPSA) is 672 Å². The van der Waals surface area contributed by atoms with E-state index in [1.165, 1.54) is 63.7 Å². The molecular formula is C93H131N23O21S2. The summed E-state index contributed by atoms with van der Waals surface area (Å²) in [4.78, 5) is 272. The van der Waals surface area contributed by atoms with Gasteiger partial charge in [-0.2, -0.15) is 0 Å². The van der Waals surface area contributed by atoms with Crippen molar-refractivity contribution in [2.75, 3.05) is 72.0 Å². The van der Waals surface area contributed by atoms with Gasteiger partial charge in [-0.25, -0.2) is 0 Å². The molecule has 0 aliphatic carbocycles. The number of aromatic hydroxyl groups is 1. The summed E-state index contributed by atoms with van der Waals surface area (Å²) in [6, 6.07) is -3.99. The molecule has 46 heteroatoms. The number of aromatic nitrogens is 1. The first-order valence-electron chi connectivity index (χ1n) is 46.3. The van der Waals surface area contributed by atoms with Gasteiger partial charge < -0.3 is 132 Å². The number of carbonyl (C=O) groups is 18. The molecule has 3 saturated heterocycles. The van der Waals surface area contributed by atoms with Gasteiger partial charge in [0.1, 0.15) is 96.4 Å². The lowest BCUT2D eigenvalue weighted by Gasteiger charge is -2.36. The second-order valence-corrected chi connectivity index (χ2v) is 37.2. The van der Waals surface area contributed by atoms with Gasteiger partial charge in [0.2, 0.25) is 106 Å². The number of aliphatic hydroxyl groups is 2. The highest BCUT2D eigenvalue weighted by Gasteiger charge is 2.47. The van der Waals surface area contributed by atoms with Crippen LogP contribution in [0.2, 0.25) is 0 Å². The minimum atomic E-state index is -1.90. The Hall–Kier alpha value is -13.5. The molecule has 8 rings (SSSR count). The van der Waals surface area contributed by atoms with Gasteiger partial charge in [0.05, 0.1) is 31.4 Å². The number of guanidine groups is 1. The van der Waals surface area contributed by atoms with Gasteiger partial charge in [-0.1, -0.05) is 102 Å². The lowest BCUT2D eigenvalue weighted by molar-refractivity contribution is -0.149. The van der Waals surface area contributed by atoms with Gasteiger partial charge in [-0.15, -0.1) is 35.4 Å². The number of primary amides is 2. The van der Waals surface area contributed by atoms with Crippen LogP contribution < -0.4 is 86.7 Å². The monoisotopic (exact) mass is 1970 g/mol. The van der Waals surface area contributed by atoms with Gasteiger partial charge >= 0.3 is 0 Å². The molecule has 756 valence electrons. The molecule has 0 bridgehead atoms. The van der Waals surface area contributed by atoms with Crippen LogP contribution in [0, 0.1) is 23.7 Å². The standard InChI is InChI=1S/C93H131N23O21S2/c1-10-13-26-70-85(130)104-61(25-19-34-99-93(97)98)81(126)111-69(80(125)101-44-76(121)102-60(21-12-3)78(96)123)48-138-49-77(122)103-64(37-52-30-32-55(118)33-31-52)88(133)112(7)51(6)79(124)106-66(41-75(95)120)90(135)115-35-20-28-71(115)86(131)109-67(42-94)83(128)107-63(36-50(4)5)91(136)116-45-56(119)40-73(116)87(132)105-62(38-53-43-100-59-24-17-15-22-57(53)59)82(127)110-68(46-117)84(129)108-65(39-54-47-139-74-29-18-16-23-58(54)74)89(134)114(9)72(27-14-11-2)92(137)113(70)8/h3,15-18,22-24,29-33,43,47,50-51,56,60-73,100,117-119H,10-11,13-14,19-21,25-28,34-42,44-46,48-49,94H2,1-2,4-9H3,(H2,95,120)(H2,96,123)(H,101,125)(H,102,121)(H,103,122)(H,104,130)(H,105,132)(H,106,124)(H,107,128)(H,108,129)(H,109,131)(H,110,127)(H,111,126)(H4,97,98,99)/t51-,56+,60?,61-,62-,63-,64-,65-,66-,67-,68-,69-,70-,71-,72-,73-/m0/s1. The molecule has 0 saturated carbocycles. The zero-order valence-corrected chi connectivity index (χ0v) is 80.8. The van der Waals surface area contributed by atoms with Crippen molar-refractivity contribution >= 4 is 156 Å². The maximum atomic E-state index is 15.8. The number of H-pyrrole nitrogens is 1. The summed E-state index contributed by atoms with van der Waals surface area (Å²) >= 11 is 2.05. The normalized spacial score (nSPS) is 24.5. The number of para-hydroxylation sites is 1. The minimum Gasteiger partial charge on any atom is -0.508 e. The summed E-state index contributed by atoms with van der Waals surface area (Å²) in [6.45, 7) is 5.13. The number of carbonyl (C=O) groups excluding carboxylic acids is 18. The maximum absolute atomic E-state index is 15.8. The van der Waals surface area contributed by atoms with Crippen molar-refractivity contribution in [2.45, 2.75) is 241 Å². The number of fused-ring (bicyclic) bond motifs is 4. The molecule has 16 atom stereocenters. The third-order valence-corrected chi connectivity index (χ3v) is 26.5. The molecule has 3 aliphatic heterocycles. The van der Waals surface area contributed by atoms with Gasteiger partial charge in [-0.3, -0.25) is 91.7 Å². The van der Waals surface area contributed by atoms with Gasteiger partial charge in [0, 0.05) is 107 Å². The van der Waals surface area contributed by atoms with E-state index in [9.17, 15) is 63.3 Å². The number of nitrogens with one attached hydrogen (secondary N) is 14. The van der Waals surface area contributed by atoms with E-state index in [1.54, 1.807) is 67.9 Å². The Morgan fingerprint density at radius 1 is 0.604 bits per heavy atom. The van der Waals surface area contributed by atoms with E-state index < -0.39 is 260 Å². The number of aromatic amines is 1. The van der Waals surface area contributed by atoms with Crippen LogP contribution in [0.5, 0.6) is 5.75 Å². The third-order valence-electron chi connectivity index (χ3n) is 24.5. The molecule has 0 radical (unpaired) electrons. The van der Waals surface area contributed by atoms with E-state index in [1.807, 2.05) is 19.9 Å². The van der Waals surface area contributed by atoms with Crippen molar-refractivity contribution in [3.05, 3.63) is 101 Å². The average Bonchev–Trinajstić information content (AvgIpc) is 1.69. The number of terminal acetylenes is 1. The number of benzene rings is 3. The van der Waals surface area contributed by atoms with Crippen LogP contribution in [-0.2, 0) is 106 Å². The highest BCUT2D eigenvalue weighted by molar-refractivity contribution is 8.00. The van der Waals surface area contributed by atoms with Gasteiger partial charge in [0.15, 0.2) is 5.96 Å². The van der Waals surface area contributed by atoms with E-state index in [-0.39, 0.29) is 95.4 Å². The number of aliphatic hydroxyl groups excluding tert-OH is 2. The largest absolute Gasteiger partial charge is 0.508 e. The van der Waals surface area contributed by atoms with E-state index >= 15 is 38.4 Å². The van der Waals surface area contributed by atoms with Crippen molar-refractivity contribution in [3.63, 3.8) is 0 Å². The van der Waals surface area contributed by atoms with Crippen LogP contribution in [0.4, 0.5) is 0 Å². The number of nitrogens with two attached hydrogens (primary N) is 4. The number of unbranched alkanes of at least 4 members (excludes halogenated alkanes) is 2. The maximum Gasteiger partial charge on any atom is 0.246 e. The van der Waals surface area contributed by atoms with Crippen molar-refractivity contribution in [1.29, 1.82) is 5.41 Å². The fourth-order valence-corrected chi connectivity index (χ4v) is 18.5. The second-order valence-electron chi connectivity index (χ2n) is 35.3. The summed E-state index contributed by atoms with van der Waals surface area (Å²) in [7, 11) is 3.86. The molecule has 25 N–H and O–H groups in total. The predicted molar refractivity (Wildman–Crippen MR) is 515 cm³/mol. The highest BCUT2D eigenvalue weighted by atomic mass is 32.2. The zero-order valence-electron chi connectivity index (χ0n) is 79.2. The summed E-state index contributed by atoms with van der Waals surface area (Å²) in [6.07, 6.45) is 4.42. The summed E-state index contributed by atoms with van der Waals surface area (Å²) in [5, 5.41) is 74.9. The number of rotatable bonds is 28. The lowest BCUT2D eigenvalue weighted by atomic mass is 10.00. The fourth-order valence-electron chi connectivity index (χ4n) is 16.7. The fraction of sp³-hybridized carbons (Fsp3) is 0.538. The van der Waals surface area contributed by atoms with Gasteiger partial charge in [-0.05, 0) is 110 Å². The van der Waals surface area contributed by atoms with Crippen LogP contribution in [0.25, 0.3) is 21.0 Å². The van der Waals surface area contributed by atoms with Crippen LogP contribution in [0.1, 0.15) is 141 Å². The quantitative estimate of drug-likeness (QED) is 0.00992. The number of likely N-dealkylation sites (N-methyl/N-ethyl adjacent to an activating group) is 3. The lowest BCUT2D eigenvalue weighted by Crippen LogP contribution is -2.62. The van der Waals surface area contributed by atoms with E-state index in [2.05, 4.69) is 74.7 Å². The molecule has 0 spiro atoms. The number of hydrogen-bond donors (Lipinski definition) is 21. The first-order valence-corrected chi connectivity index (χ1v) is 48.3. The SMILES string of the molecule is C#CCC(NC(=O)CNC(=O)[C@@H]1CSCC(=O)N[C@@H](Cc2ccc(O)cc2)C(=O)N(C)[C@@H](C)C(=O)N[C@@H](CC(N)=O)C(=O)N2CCC[C@H]2C(=O)N[C@@H](CN)C(=O)N[C@@H](CC(C)C)C(=O)N2C[C@H](O)C[C@H]2C(=O)N[C@@H](Cc2c[nH]c3ccccc23)C(=O)N[C@@H](CO)C(=O)N[C@@H](Cc2csc3ccccc23)C(=O)N(C)[C@@H](CCCC)C(=O)N(C)[C@@H](CCCC)C(=O)N[C@@H](CCCNC(=N)N)C(=O)N1)C(N)=O. The molecule has 44 nitrogen and oxygen atoms in total. The van der Waals surface area contributed by atoms with Crippen LogP contribution in [-0.4, -0.2) is 326 Å². The molecule has 18 amide bonds. The number of hydrogen-bond acceptors (Lipinski definition) is 25. The Kier molecular flexibility index (Phi) is 42.6. The number of thioether (sulfide) groups is 1. The Morgan fingerprint density at radius 3 is 1.83 bits per heavy atom. The van der Waals surface area contributed by atoms with Crippen LogP contribution in [0.3, 0.4) is 0 Å². The number of phenols is 1. The average molecular weight is 1970 g/mol. The molecule has 3 aliphatic rings. The molecule has 3 aromatic carbocycles. The Bertz CT molecular complexity index is 5280. The van der Waals surface area contributed by atoms with Crippen molar-refractivity contribution < 1.29 is 102 Å². The van der Waals surface area contributed by atoms with Crippen molar-refractivity contribution in [1.82, 2.24) is 93.3 Å². The first kappa shape index (κ1) is 111. The molecule has 1 unspecified atom stereocenters. The van der Waals surface area contributed by atoms with Crippen molar-refractivity contribution in [2.24, 2.45) is 28.9 Å².